The number of benzene rings is 1. The van der Waals surface area contributed by atoms with Crippen LogP contribution in [0.2, 0.25) is 0 Å². The van der Waals surface area contributed by atoms with Crippen molar-refractivity contribution in [2.45, 2.75) is 26.4 Å². The van der Waals surface area contributed by atoms with Gasteiger partial charge in [0.25, 0.3) is 11.9 Å². The summed E-state index contributed by atoms with van der Waals surface area (Å²) in [5.41, 5.74) is 6.31. The Morgan fingerprint density at radius 2 is 1.85 bits per heavy atom. The molecule has 138 valence electrons. The lowest BCUT2D eigenvalue weighted by atomic mass is 9.87. The van der Waals surface area contributed by atoms with Gasteiger partial charge in [0.2, 0.25) is 5.60 Å². The highest BCUT2D eigenvalue weighted by molar-refractivity contribution is 6.08. The predicted molar refractivity (Wildman–Crippen MR) is 95.8 cm³/mol. The lowest BCUT2D eigenvalue weighted by Gasteiger charge is -2.21. The summed E-state index contributed by atoms with van der Waals surface area (Å²) < 4.78 is 15.1. The van der Waals surface area contributed by atoms with Gasteiger partial charge in [-0.25, -0.2) is 14.4 Å². The predicted octanol–water partition coefficient (Wildman–Crippen LogP) is 1.50. The normalized spacial score (nSPS) is 18.5. The summed E-state index contributed by atoms with van der Waals surface area (Å²) in [6.07, 6.45) is 0. The van der Waals surface area contributed by atoms with Crippen LogP contribution < -0.4 is 11.1 Å². The minimum Gasteiger partial charge on any atom is -0.383 e. The van der Waals surface area contributed by atoms with E-state index in [1.165, 1.54) is 16.8 Å². The molecule has 0 bridgehead atoms. The third kappa shape index (κ3) is 2.39. The minimum absolute atomic E-state index is 0.00672. The van der Waals surface area contributed by atoms with Crippen LogP contribution in [0.5, 0.6) is 0 Å². The summed E-state index contributed by atoms with van der Waals surface area (Å²) in [5, 5.41) is 18.2. The summed E-state index contributed by atoms with van der Waals surface area (Å²) in [4.78, 5) is 21.2. The number of fused-ring (bicyclic) bond motifs is 1. The van der Waals surface area contributed by atoms with Crippen LogP contribution in [0.3, 0.4) is 0 Å². The first-order chi connectivity index (χ1) is 12.7. The molecule has 0 saturated heterocycles. The zero-order valence-electron chi connectivity index (χ0n) is 14.9. The number of carbonyl (C=O) groups excluding carboxylic acids is 1. The molecule has 4 rings (SSSR count). The van der Waals surface area contributed by atoms with Gasteiger partial charge in [0.05, 0.1) is 11.3 Å². The van der Waals surface area contributed by atoms with Crippen LogP contribution in [0.4, 0.5) is 15.9 Å². The van der Waals surface area contributed by atoms with Crippen molar-refractivity contribution < 1.29 is 14.3 Å². The van der Waals surface area contributed by atoms with Gasteiger partial charge >= 0.3 is 0 Å². The van der Waals surface area contributed by atoms with Crippen LogP contribution in [0.25, 0.3) is 5.95 Å². The van der Waals surface area contributed by atoms with E-state index in [0.717, 1.165) is 17.5 Å². The van der Waals surface area contributed by atoms with Crippen molar-refractivity contribution in [3.05, 3.63) is 58.3 Å². The van der Waals surface area contributed by atoms with Gasteiger partial charge in [-0.2, -0.15) is 9.78 Å². The molecule has 1 amide bonds. The molecular weight excluding hydrogens is 351 g/mol. The number of rotatable bonds is 2. The Bertz CT molecular complexity index is 1090. The van der Waals surface area contributed by atoms with Crippen molar-refractivity contribution in [1.82, 2.24) is 19.7 Å². The number of nitrogens with one attached hydrogen (secondary N) is 1. The highest BCUT2D eigenvalue weighted by atomic mass is 19.1. The molecule has 0 saturated carbocycles. The molecule has 2 aromatic heterocycles. The second-order valence-corrected chi connectivity index (χ2v) is 6.56. The van der Waals surface area contributed by atoms with E-state index in [0.29, 0.717) is 11.4 Å². The maximum atomic E-state index is 13.8. The van der Waals surface area contributed by atoms with E-state index in [-0.39, 0.29) is 22.9 Å². The van der Waals surface area contributed by atoms with Crippen LogP contribution in [0.1, 0.15) is 28.2 Å². The minimum atomic E-state index is -2.16. The van der Waals surface area contributed by atoms with Gasteiger partial charge in [-0.05, 0) is 45.0 Å². The Hall–Kier alpha value is -3.33. The SMILES string of the molecule is Cc1cc(C)nc(-n2nc(C)c([C@@]3(O)C(=O)Nc4ccc(F)cc43)c2N)n1. The Morgan fingerprint density at radius 3 is 2.52 bits per heavy atom. The average Bonchev–Trinajstić information content (AvgIpc) is 3.02. The first-order valence-corrected chi connectivity index (χ1v) is 8.24. The van der Waals surface area contributed by atoms with Crippen LogP contribution in [-0.2, 0) is 10.4 Å². The van der Waals surface area contributed by atoms with Crippen molar-refractivity contribution in [3.8, 4) is 5.95 Å². The molecule has 1 aromatic carbocycles. The fourth-order valence-corrected chi connectivity index (χ4v) is 3.45. The third-order valence-electron chi connectivity index (χ3n) is 4.57. The van der Waals surface area contributed by atoms with E-state index in [4.69, 9.17) is 5.73 Å². The quantitative estimate of drug-likeness (QED) is 0.631. The number of aliphatic hydroxyl groups is 1. The molecule has 0 spiro atoms. The molecule has 9 heteroatoms. The molecule has 0 fully saturated rings. The molecular formula is C18H17FN6O2. The Kier molecular flexibility index (Phi) is 3.54. The van der Waals surface area contributed by atoms with Gasteiger partial charge in [-0.15, -0.1) is 0 Å². The van der Waals surface area contributed by atoms with E-state index in [9.17, 15) is 14.3 Å². The number of halogens is 1. The molecule has 1 aliphatic rings. The molecule has 1 atom stereocenters. The monoisotopic (exact) mass is 368 g/mol. The van der Waals surface area contributed by atoms with Gasteiger partial charge in [0, 0.05) is 22.6 Å². The number of nitrogens with zero attached hydrogens (tertiary/aromatic N) is 4. The maximum absolute atomic E-state index is 13.8. The van der Waals surface area contributed by atoms with Gasteiger partial charge in [0.1, 0.15) is 11.6 Å². The van der Waals surface area contributed by atoms with Gasteiger partial charge in [-0.1, -0.05) is 0 Å². The van der Waals surface area contributed by atoms with Gasteiger partial charge in [-0.3, -0.25) is 4.79 Å². The average molecular weight is 368 g/mol. The number of aromatic nitrogens is 4. The standard InChI is InChI=1S/C18H17FN6O2/c1-8-6-9(2)22-17(21-8)25-15(20)14(10(3)24-25)18(27)12-7-11(19)4-5-13(12)23-16(18)26/h4-7,27H,20H2,1-3H3,(H,23,26)/t18-/m1/s1. The first kappa shape index (κ1) is 17.1. The molecule has 0 radical (unpaired) electrons. The number of nitrogen functional groups attached to an aromatic ring is 1. The maximum Gasteiger partial charge on any atom is 0.266 e. The van der Waals surface area contributed by atoms with Crippen molar-refractivity contribution in [2.24, 2.45) is 0 Å². The lowest BCUT2D eigenvalue weighted by Crippen LogP contribution is -2.36. The summed E-state index contributed by atoms with van der Waals surface area (Å²) >= 11 is 0. The molecule has 8 nitrogen and oxygen atoms in total. The van der Waals surface area contributed by atoms with Crippen LogP contribution in [-0.4, -0.2) is 30.8 Å². The van der Waals surface area contributed by atoms with Crippen LogP contribution in [0, 0.1) is 26.6 Å². The number of amides is 1. The summed E-state index contributed by atoms with van der Waals surface area (Å²) in [5.74, 6) is -1.07. The number of anilines is 2. The van der Waals surface area contributed by atoms with Crippen molar-refractivity contribution in [2.75, 3.05) is 11.1 Å². The first-order valence-electron chi connectivity index (χ1n) is 8.24. The number of nitrogens with two attached hydrogens (primary N) is 1. The second-order valence-electron chi connectivity index (χ2n) is 6.56. The van der Waals surface area contributed by atoms with Crippen molar-refractivity contribution in [1.29, 1.82) is 0 Å². The van der Waals surface area contributed by atoms with E-state index in [2.05, 4.69) is 20.4 Å². The number of aryl methyl sites for hydroxylation is 3. The van der Waals surface area contributed by atoms with Gasteiger partial charge in [0.15, 0.2) is 0 Å². The highest BCUT2D eigenvalue weighted by Crippen LogP contribution is 2.44. The fraction of sp³-hybridized carbons (Fsp3) is 0.222. The summed E-state index contributed by atoms with van der Waals surface area (Å²) in [6.45, 7) is 5.22. The fourth-order valence-electron chi connectivity index (χ4n) is 3.45. The Labute approximate surface area is 153 Å². The number of hydrogen-bond acceptors (Lipinski definition) is 6. The van der Waals surface area contributed by atoms with Crippen LogP contribution >= 0.6 is 0 Å². The van der Waals surface area contributed by atoms with E-state index in [1.54, 1.807) is 13.0 Å². The largest absolute Gasteiger partial charge is 0.383 e. The van der Waals surface area contributed by atoms with Crippen molar-refractivity contribution >= 4 is 17.4 Å². The molecule has 0 aliphatic carbocycles. The molecule has 0 unspecified atom stereocenters. The smallest absolute Gasteiger partial charge is 0.266 e. The van der Waals surface area contributed by atoms with Crippen molar-refractivity contribution in [3.63, 3.8) is 0 Å². The highest BCUT2D eigenvalue weighted by Gasteiger charge is 2.50. The zero-order valence-corrected chi connectivity index (χ0v) is 14.9. The van der Waals surface area contributed by atoms with E-state index >= 15 is 0 Å². The molecule has 4 N–H and O–H groups in total. The van der Waals surface area contributed by atoms with Crippen LogP contribution in [0.15, 0.2) is 24.3 Å². The number of carbonyl (C=O) groups is 1. The lowest BCUT2D eigenvalue weighted by molar-refractivity contribution is -0.129. The second kappa shape index (κ2) is 5.58. The summed E-state index contributed by atoms with van der Waals surface area (Å²) in [7, 11) is 0. The van der Waals surface area contributed by atoms with Gasteiger partial charge < -0.3 is 16.2 Å². The zero-order chi connectivity index (χ0) is 19.5. The molecule has 3 aromatic rings. The topological polar surface area (TPSA) is 119 Å². The Balaban J connectivity index is 1.95. The van der Waals surface area contributed by atoms with E-state index in [1.807, 2.05) is 13.8 Å². The molecule has 3 heterocycles. The Morgan fingerprint density at radius 1 is 1.19 bits per heavy atom. The molecule has 1 aliphatic heterocycles. The summed E-state index contributed by atoms with van der Waals surface area (Å²) in [6, 6.07) is 5.50. The number of hydrogen-bond donors (Lipinski definition) is 3. The van der Waals surface area contributed by atoms with E-state index < -0.39 is 17.3 Å². The third-order valence-corrected chi connectivity index (χ3v) is 4.57. The molecule has 27 heavy (non-hydrogen) atoms.